The maximum Gasteiger partial charge on any atom is 0.311 e. The lowest BCUT2D eigenvalue weighted by atomic mass is 9.95. The van der Waals surface area contributed by atoms with Crippen LogP contribution in [0.2, 0.25) is 0 Å². The molecule has 114 valence electrons. The number of rotatable bonds is 5. The lowest BCUT2D eigenvalue weighted by Gasteiger charge is -2.29. The maximum atomic E-state index is 12.6. The number of carbonyl (C=O) groups excluding carboxylic acids is 1. The Balaban J connectivity index is 2.16. The predicted octanol–water partition coefficient (Wildman–Crippen LogP) is 0.287. The summed E-state index contributed by atoms with van der Waals surface area (Å²) in [6.45, 7) is 0.556. The minimum absolute atomic E-state index is 0.135. The second-order valence-corrected chi connectivity index (χ2v) is 5.20. The zero-order chi connectivity index (χ0) is 15.4. The fraction of sp³-hybridized carbons (Fsp3) is 0.467. The van der Waals surface area contributed by atoms with Crippen LogP contribution >= 0.6 is 0 Å². The van der Waals surface area contributed by atoms with E-state index in [0.29, 0.717) is 0 Å². The van der Waals surface area contributed by atoms with Crippen LogP contribution in [-0.2, 0) is 14.3 Å². The lowest BCUT2D eigenvalue weighted by Crippen LogP contribution is -2.47. The van der Waals surface area contributed by atoms with E-state index in [9.17, 15) is 14.7 Å². The first-order valence-electron chi connectivity index (χ1n) is 6.88. The molecular weight excluding hydrogens is 272 g/mol. The number of carboxylic acids is 1. The van der Waals surface area contributed by atoms with Crippen LogP contribution in [0.4, 0.5) is 0 Å². The summed E-state index contributed by atoms with van der Waals surface area (Å²) in [5, 5.41) is 9.18. The van der Waals surface area contributed by atoms with E-state index in [1.54, 1.807) is 7.05 Å². The molecule has 0 saturated carbocycles. The summed E-state index contributed by atoms with van der Waals surface area (Å²) in [6, 6.07) is 8.82. The molecular formula is C15H20N2O4. The van der Waals surface area contributed by atoms with Gasteiger partial charge >= 0.3 is 5.97 Å². The summed E-state index contributed by atoms with van der Waals surface area (Å²) >= 11 is 0. The van der Waals surface area contributed by atoms with Gasteiger partial charge in [0.1, 0.15) is 5.92 Å². The van der Waals surface area contributed by atoms with E-state index in [1.165, 1.54) is 4.90 Å². The number of benzene rings is 1. The van der Waals surface area contributed by atoms with E-state index >= 15 is 0 Å². The normalized spacial score (nSPS) is 22.8. The van der Waals surface area contributed by atoms with Gasteiger partial charge in [0.2, 0.25) is 5.91 Å². The van der Waals surface area contributed by atoms with Gasteiger partial charge in [0.25, 0.3) is 0 Å². The molecule has 1 fully saturated rings. The number of likely N-dealkylation sites (N-methyl/N-ethyl adjacent to an activating group) is 1. The van der Waals surface area contributed by atoms with Gasteiger partial charge in [-0.1, -0.05) is 30.3 Å². The van der Waals surface area contributed by atoms with Gasteiger partial charge in [0.05, 0.1) is 25.2 Å². The Labute approximate surface area is 123 Å². The number of nitrogens with two attached hydrogens (primary N) is 1. The Morgan fingerprint density at radius 2 is 2.05 bits per heavy atom. The summed E-state index contributed by atoms with van der Waals surface area (Å²) < 4.78 is 5.22. The molecule has 1 heterocycles. The topological polar surface area (TPSA) is 92.9 Å². The van der Waals surface area contributed by atoms with Crippen molar-refractivity contribution in [3.63, 3.8) is 0 Å². The summed E-state index contributed by atoms with van der Waals surface area (Å²) in [7, 11) is 1.61. The highest BCUT2D eigenvalue weighted by atomic mass is 16.5. The summed E-state index contributed by atoms with van der Waals surface area (Å²) in [4.78, 5) is 25.3. The van der Waals surface area contributed by atoms with E-state index in [-0.39, 0.29) is 25.7 Å². The molecule has 1 aliphatic heterocycles. The minimum Gasteiger partial charge on any atom is -0.481 e. The largest absolute Gasteiger partial charge is 0.481 e. The van der Waals surface area contributed by atoms with Gasteiger partial charge in [0, 0.05) is 13.6 Å². The predicted molar refractivity (Wildman–Crippen MR) is 76.7 cm³/mol. The molecule has 1 amide bonds. The van der Waals surface area contributed by atoms with Crippen molar-refractivity contribution in [3.05, 3.63) is 35.9 Å². The number of hydrogen-bond donors (Lipinski definition) is 2. The summed E-state index contributed by atoms with van der Waals surface area (Å²) in [5.74, 6) is -2.27. The molecule has 1 saturated heterocycles. The molecule has 3 N–H and O–H groups in total. The van der Waals surface area contributed by atoms with Gasteiger partial charge in [-0.05, 0) is 5.56 Å². The molecule has 0 aliphatic carbocycles. The quantitative estimate of drug-likeness (QED) is 0.813. The van der Waals surface area contributed by atoms with Gasteiger partial charge in [-0.3, -0.25) is 9.59 Å². The van der Waals surface area contributed by atoms with E-state index in [4.69, 9.17) is 10.5 Å². The molecule has 1 aromatic carbocycles. The first-order chi connectivity index (χ1) is 10.1. The molecule has 0 radical (unpaired) electrons. The van der Waals surface area contributed by atoms with Gasteiger partial charge < -0.3 is 20.5 Å². The number of nitrogens with zero attached hydrogens (tertiary/aromatic N) is 1. The molecule has 0 aromatic heterocycles. The smallest absolute Gasteiger partial charge is 0.311 e. The third kappa shape index (κ3) is 3.22. The highest BCUT2D eigenvalue weighted by Gasteiger charge is 2.39. The van der Waals surface area contributed by atoms with Crippen molar-refractivity contribution in [2.75, 3.05) is 26.8 Å². The Kier molecular flexibility index (Phi) is 4.93. The molecule has 1 aliphatic rings. The van der Waals surface area contributed by atoms with Crippen molar-refractivity contribution in [1.82, 2.24) is 4.90 Å². The fourth-order valence-electron chi connectivity index (χ4n) is 2.63. The Morgan fingerprint density at radius 3 is 2.62 bits per heavy atom. The van der Waals surface area contributed by atoms with Crippen molar-refractivity contribution < 1.29 is 19.4 Å². The second-order valence-electron chi connectivity index (χ2n) is 5.20. The van der Waals surface area contributed by atoms with Crippen LogP contribution in [0.5, 0.6) is 0 Å². The Hall–Kier alpha value is -1.92. The molecule has 3 atom stereocenters. The van der Waals surface area contributed by atoms with E-state index < -0.39 is 23.8 Å². The molecule has 0 bridgehead atoms. The number of amides is 1. The van der Waals surface area contributed by atoms with Crippen molar-refractivity contribution in [1.29, 1.82) is 0 Å². The van der Waals surface area contributed by atoms with Crippen LogP contribution in [0.15, 0.2) is 30.3 Å². The maximum absolute atomic E-state index is 12.6. The van der Waals surface area contributed by atoms with Crippen molar-refractivity contribution in [2.24, 2.45) is 11.7 Å². The number of carbonyl (C=O) groups is 2. The highest BCUT2D eigenvalue weighted by molar-refractivity contribution is 5.85. The molecule has 6 nitrogen and oxygen atoms in total. The van der Waals surface area contributed by atoms with Crippen LogP contribution in [0.3, 0.4) is 0 Å². The number of hydrogen-bond acceptors (Lipinski definition) is 4. The van der Waals surface area contributed by atoms with Crippen LogP contribution in [0.1, 0.15) is 11.5 Å². The third-order valence-electron chi connectivity index (χ3n) is 3.95. The Morgan fingerprint density at radius 1 is 1.38 bits per heavy atom. The zero-order valence-electron chi connectivity index (χ0n) is 11.9. The second kappa shape index (κ2) is 6.69. The fourth-order valence-corrected chi connectivity index (χ4v) is 2.63. The Bertz CT molecular complexity index is 506. The third-order valence-corrected chi connectivity index (χ3v) is 3.95. The van der Waals surface area contributed by atoms with E-state index in [2.05, 4.69) is 0 Å². The SMILES string of the molecule is CN(C(=O)C(CN)c1ccccc1)C1COCC1C(=O)O. The first kappa shape index (κ1) is 15.5. The average Bonchev–Trinajstić information content (AvgIpc) is 2.98. The first-order valence-corrected chi connectivity index (χ1v) is 6.88. The molecule has 1 aromatic rings. The zero-order valence-corrected chi connectivity index (χ0v) is 11.9. The van der Waals surface area contributed by atoms with Gasteiger partial charge in [-0.2, -0.15) is 0 Å². The number of carboxylic acid groups (broad SMARTS) is 1. The molecule has 0 spiro atoms. The van der Waals surface area contributed by atoms with Crippen LogP contribution in [-0.4, -0.2) is 54.7 Å². The minimum atomic E-state index is -0.943. The van der Waals surface area contributed by atoms with E-state index in [0.717, 1.165) is 5.56 Å². The van der Waals surface area contributed by atoms with Gasteiger partial charge in [-0.15, -0.1) is 0 Å². The number of aliphatic carboxylic acids is 1. The van der Waals surface area contributed by atoms with E-state index in [1.807, 2.05) is 30.3 Å². The van der Waals surface area contributed by atoms with Crippen LogP contribution in [0, 0.1) is 5.92 Å². The average molecular weight is 292 g/mol. The van der Waals surface area contributed by atoms with Crippen LogP contribution in [0.25, 0.3) is 0 Å². The summed E-state index contributed by atoms with van der Waals surface area (Å²) in [5.41, 5.74) is 6.58. The summed E-state index contributed by atoms with van der Waals surface area (Å²) in [6.07, 6.45) is 0. The van der Waals surface area contributed by atoms with Gasteiger partial charge in [-0.25, -0.2) is 0 Å². The molecule has 3 unspecified atom stereocenters. The van der Waals surface area contributed by atoms with Gasteiger partial charge in [0.15, 0.2) is 0 Å². The lowest BCUT2D eigenvalue weighted by molar-refractivity contribution is -0.144. The van der Waals surface area contributed by atoms with Crippen molar-refractivity contribution in [3.8, 4) is 0 Å². The molecule has 6 heteroatoms. The molecule has 21 heavy (non-hydrogen) atoms. The standard InChI is InChI=1S/C15H20N2O4/c1-17(13-9-21-8-12(13)15(19)20)14(18)11(7-16)10-5-3-2-4-6-10/h2-6,11-13H,7-9,16H2,1H3,(H,19,20). The number of ether oxygens (including phenoxy) is 1. The van der Waals surface area contributed by atoms with Crippen LogP contribution < -0.4 is 5.73 Å². The monoisotopic (exact) mass is 292 g/mol. The molecule has 2 rings (SSSR count). The van der Waals surface area contributed by atoms with Crippen molar-refractivity contribution in [2.45, 2.75) is 12.0 Å². The highest BCUT2D eigenvalue weighted by Crippen LogP contribution is 2.23. The van der Waals surface area contributed by atoms with Crippen molar-refractivity contribution >= 4 is 11.9 Å².